The summed E-state index contributed by atoms with van der Waals surface area (Å²) < 4.78 is 0.650. The number of aldehydes is 1. The van der Waals surface area contributed by atoms with Crippen LogP contribution in [0.5, 0.6) is 0 Å². The third-order valence-electron chi connectivity index (χ3n) is 1.09. The molecule has 13 heavy (non-hydrogen) atoms. The minimum absolute atomic E-state index is 0.377. The summed E-state index contributed by atoms with van der Waals surface area (Å²) in [5, 5.41) is 0. The molecule has 1 rings (SSSR count). The van der Waals surface area contributed by atoms with Crippen LogP contribution in [0.1, 0.15) is 0 Å². The van der Waals surface area contributed by atoms with E-state index in [1.807, 2.05) is 0 Å². The summed E-state index contributed by atoms with van der Waals surface area (Å²) in [6.45, 7) is 0. The van der Waals surface area contributed by atoms with Gasteiger partial charge in [-0.25, -0.2) is 15.0 Å². The van der Waals surface area contributed by atoms with E-state index in [9.17, 15) is 4.79 Å². The molecule has 0 fully saturated rings. The van der Waals surface area contributed by atoms with Crippen molar-refractivity contribution in [2.45, 2.75) is 4.83 Å². The molecule has 6 heteroatoms. The van der Waals surface area contributed by atoms with Crippen LogP contribution in [-0.4, -0.2) is 27.3 Å². The molecule has 1 heterocycles. The van der Waals surface area contributed by atoms with Gasteiger partial charge in [0.05, 0.1) is 12.4 Å². The van der Waals surface area contributed by atoms with Crippen LogP contribution in [0.4, 0.5) is 5.82 Å². The fraction of sp³-hybridized carbons (Fsp3) is 0.143. The van der Waals surface area contributed by atoms with E-state index in [0.717, 1.165) is 6.29 Å². The highest BCUT2D eigenvalue weighted by Gasteiger charge is 1.96. The zero-order chi connectivity index (χ0) is 9.68. The number of carbonyl (C=O) groups excluding carboxylic acids is 1. The van der Waals surface area contributed by atoms with Gasteiger partial charge in [0.1, 0.15) is 15.7 Å². The predicted octanol–water partition coefficient (Wildman–Crippen LogP) is 1.90. The van der Waals surface area contributed by atoms with Gasteiger partial charge in [-0.2, -0.15) is 0 Å². The van der Waals surface area contributed by atoms with Crippen LogP contribution in [0.25, 0.3) is 0 Å². The number of alkyl halides is 1. The van der Waals surface area contributed by atoms with E-state index in [1.54, 1.807) is 0 Å². The largest absolute Gasteiger partial charge is 0.302 e. The minimum atomic E-state index is -0.377. The van der Waals surface area contributed by atoms with E-state index in [1.165, 1.54) is 18.6 Å². The molecule has 1 unspecified atom stereocenters. The van der Waals surface area contributed by atoms with Crippen molar-refractivity contribution in [1.29, 1.82) is 0 Å². The van der Waals surface area contributed by atoms with Crippen LogP contribution in [0.3, 0.4) is 0 Å². The van der Waals surface area contributed by atoms with Crippen molar-refractivity contribution < 1.29 is 4.79 Å². The van der Waals surface area contributed by atoms with E-state index < -0.39 is 0 Å². The van der Waals surface area contributed by atoms with Crippen molar-refractivity contribution in [1.82, 2.24) is 9.97 Å². The predicted molar refractivity (Wildman–Crippen MR) is 56.7 cm³/mol. The third kappa shape index (κ3) is 3.73. The van der Waals surface area contributed by atoms with Crippen molar-refractivity contribution in [3.8, 4) is 0 Å². The van der Waals surface area contributed by atoms with Gasteiger partial charge in [-0.1, -0.05) is 15.9 Å². The number of halogens is 2. The van der Waals surface area contributed by atoms with Crippen molar-refractivity contribution in [2.75, 3.05) is 0 Å². The lowest BCUT2D eigenvalue weighted by Crippen LogP contribution is -1.99. The summed E-state index contributed by atoms with van der Waals surface area (Å²) >= 11 is 6.22. The molecule has 0 radical (unpaired) electrons. The highest BCUT2D eigenvalue weighted by atomic mass is 79.9. The maximum atomic E-state index is 10.2. The zero-order valence-electron chi connectivity index (χ0n) is 6.39. The second-order valence-electron chi connectivity index (χ2n) is 2.06. The Bertz CT molecular complexity index is 312. The molecule has 0 N–H and O–H groups in total. The highest BCUT2D eigenvalue weighted by Crippen LogP contribution is 2.08. The van der Waals surface area contributed by atoms with Crippen molar-refractivity contribution >= 4 is 50.2 Å². The summed E-state index contributed by atoms with van der Waals surface area (Å²) in [6, 6.07) is 0. The number of hydrogen-bond acceptors (Lipinski definition) is 4. The van der Waals surface area contributed by atoms with Gasteiger partial charge in [0.2, 0.25) is 0 Å². The molecule has 0 saturated heterocycles. The number of hydrogen-bond donors (Lipinski definition) is 0. The first-order valence-corrected chi connectivity index (χ1v) is 5.04. The SMILES string of the molecule is O=CC(Br)/C=N/c1cnc(Br)cn1. The van der Waals surface area contributed by atoms with Gasteiger partial charge in [-0.15, -0.1) is 0 Å². The Hall–Kier alpha value is -0.620. The number of carbonyl (C=O) groups is 1. The lowest BCUT2D eigenvalue weighted by molar-refractivity contribution is -0.106. The molecule has 1 atom stereocenters. The first-order chi connectivity index (χ1) is 6.22. The molecular formula is C7H5Br2N3O. The zero-order valence-corrected chi connectivity index (χ0v) is 9.56. The van der Waals surface area contributed by atoms with Crippen molar-refractivity contribution in [3.05, 3.63) is 17.0 Å². The standard InChI is InChI=1S/C7H5Br2N3O/c8-5(4-13)1-11-7-3-10-6(9)2-12-7/h1-5H/b11-1+. The van der Waals surface area contributed by atoms with Crippen molar-refractivity contribution in [3.63, 3.8) is 0 Å². The molecule has 0 amide bonds. The minimum Gasteiger partial charge on any atom is -0.302 e. The van der Waals surface area contributed by atoms with E-state index in [-0.39, 0.29) is 4.83 Å². The second kappa shape index (κ2) is 5.18. The van der Waals surface area contributed by atoms with Crippen LogP contribution in [0.2, 0.25) is 0 Å². The maximum absolute atomic E-state index is 10.2. The van der Waals surface area contributed by atoms with Crippen LogP contribution in [-0.2, 0) is 4.79 Å². The first-order valence-electron chi connectivity index (χ1n) is 3.33. The normalized spacial score (nSPS) is 13.1. The molecule has 0 aromatic carbocycles. The Morgan fingerprint density at radius 3 is 2.77 bits per heavy atom. The lowest BCUT2D eigenvalue weighted by atomic mass is 10.5. The lowest BCUT2D eigenvalue weighted by Gasteiger charge is -1.92. The van der Waals surface area contributed by atoms with Crippen LogP contribution >= 0.6 is 31.9 Å². The monoisotopic (exact) mass is 305 g/mol. The molecule has 68 valence electrons. The average Bonchev–Trinajstić information content (AvgIpc) is 2.16. The molecule has 4 nitrogen and oxygen atoms in total. The number of nitrogens with zero attached hydrogens (tertiary/aromatic N) is 3. The number of rotatable bonds is 3. The van der Waals surface area contributed by atoms with Gasteiger partial charge in [0.25, 0.3) is 0 Å². The average molecular weight is 307 g/mol. The Labute approximate surface area is 91.8 Å². The topological polar surface area (TPSA) is 55.2 Å². The Kier molecular flexibility index (Phi) is 4.17. The van der Waals surface area contributed by atoms with E-state index in [2.05, 4.69) is 46.8 Å². The van der Waals surface area contributed by atoms with E-state index in [0.29, 0.717) is 10.4 Å². The summed E-state index contributed by atoms with van der Waals surface area (Å²) in [4.78, 5) is 21.6. The maximum Gasteiger partial charge on any atom is 0.170 e. The summed E-state index contributed by atoms with van der Waals surface area (Å²) in [7, 11) is 0. The fourth-order valence-corrected chi connectivity index (χ4v) is 0.878. The molecule has 0 spiro atoms. The van der Waals surface area contributed by atoms with Gasteiger partial charge in [-0.3, -0.25) is 0 Å². The molecule has 0 bridgehead atoms. The number of aromatic nitrogens is 2. The van der Waals surface area contributed by atoms with Crippen LogP contribution in [0, 0.1) is 0 Å². The van der Waals surface area contributed by atoms with Gasteiger partial charge in [0.15, 0.2) is 5.82 Å². The molecular weight excluding hydrogens is 302 g/mol. The number of aliphatic imine (C=N–C) groups is 1. The summed E-state index contributed by atoms with van der Waals surface area (Å²) in [5.74, 6) is 0.467. The van der Waals surface area contributed by atoms with Crippen LogP contribution < -0.4 is 0 Å². The van der Waals surface area contributed by atoms with Gasteiger partial charge >= 0.3 is 0 Å². The molecule has 0 aliphatic heterocycles. The first kappa shape index (κ1) is 10.5. The quantitative estimate of drug-likeness (QED) is 0.487. The van der Waals surface area contributed by atoms with Gasteiger partial charge in [0, 0.05) is 6.21 Å². The molecule has 1 aromatic heterocycles. The van der Waals surface area contributed by atoms with Gasteiger partial charge in [-0.05, 0) is 15.9 Å². The molecule has 0 saturated carbocycles. The van der Waals surface area contributed by atoms with E-state index >= 15 is 0 Å². The molecule has 0 aliphatic carbocycles. The third-order valence-corrected chi connectivity index (χ3v) is 1.95. The smallest absolute Gasteiger partial charge is 0.170 e. The van der Waals surface area contributed by atoms with E-state index in [4.69, 9.17) is 0 Å². The highest BCUT2D eigenvalue weighted by molar-refractivity contribution is 9.10. The Morgan fingerprint density at radius 1 is 1.46 bits per heavy atom. The summed E-state index contributed by atoms with van der Waals surface area (Å²) in [5.41, 5.74) is 0. The van der Waals surface area contributed by atoms with Gasteiger partial charge < -0.3 is 4.79 Å². The Morgan fingerprint density at radius 2 is 2.23 bits per heavy atom. The fourth-order valence-electron chi connectivity index (χ4n) is 0.555. The second-order valence-corrected chi connectivity index (χ2v) is 3.93. The van der Waals surface area contributed by atoms with Crippen molar-refractivity contribution in [2.24, 2.45) is 4.99 Å². The van der Waals surface area contributed by atoms with Crippen LogP contribution in [0.15, 0.2) is 22.0 Å². The molecule has 1 aromatic rings. The Balaban J connectivity index is 2.69. The summed E-state index contributed by atoms with van der Waals surface area (Å²) in [6.07, 6.45) is 5.22. The molecule has 0 aliphatic rings.